The first-order valence-electron chi connectivity index (χ1n) is 6.23. The number of benzene rings is 2. The van der Waals surface area contributed by atoms with Gasteiger partial charge in [-0.3, -0.25) is 0 Å². The molecule has 92 valence electrons. The summed E-state index contributed by atoms with van der Waals surface area (Å²) in [6, 6.07) is 18.7. The van der Waals surface area contributed by atoms with Crippen LogP contribution in [0.2, 0.25) is 0 Å². The Hall–Kier alpha value is -2.61. The average Bonchev–Trinajstić information content (AvgIpc) is 3.01. The number of nitrogens with zero attached hydrogens (tertiary/aromatic N) is 2. The number of hydrogen-bond acceptors (Lipinski definition) is 1. The summed E-state index contributed by atoms with van der Waals surface area (Å²) >= 11 is 0. The summed E-state index contributed by atoms with van der Waals surface area (Å²) in [5.74, 6) is 0. The molecular weight excluding hydrogens is 232 g/mol. The molecule has 2 aromatic carbocycles. The molecule has 19 heavy (non-hydrogen) atoms. The third-order valence-electron chi connectivity index (χ3n) is 2.94. The van der Waals surface area contributed by atoms with Crippen LogP contribution in [0, 0.1) is 0 Å². The van der Waals surface area contributed by atoms with Crippen molar-refractivity contribution in [3.05, 3.63) is 84.4 Å². The first-order chi connectivity index (χ1) is 9.42. The van der Waals surface area contributed by atoms with Crippen LogP contribution < -0.4 is 0 Å². The highest BCUT2D eigenvalue weighted by Crippen LogP contribution is 2.13. The van der Waals surface area contributed by atoms with E-state index in [1.807, 2.05) is 29.0 Å². The first-order valence-corrected chi connectivity index (χ1v) is 6.23. The molecule has 1 aromatic heterocycles. The molecule has 0 aliphatic rings. The van der Waals surface area contributed by atoms with Gasteiger partial charge in [-0.15, -0.1) is 0 Å². The predicted molar refractivity (Wildman–Crippen MR) is 78.9 cm³/mol. The Balaban J connectivity index is 1.86. The van der Waals surface area contributed by atoms with Crippen molar-refractivity contribution < 1.29 is 0 Å². The van der Waals surface area contributed by atoms with Gasteiger partial charge in [0.05, 0.1) is 6.33 Å². The van der Waals surface area contributed by atoms with Gasteiger partial charge in [0, 0.05) is 18.1 Å². The highest BCUT2D eigenvalue weighted by molar-refractivity contribution is 5.70. The fraction of sp³-hybridized carbons (Fsp3) is 0. The smallest absolute Gasteiger partial charge is 0.0991 e. The molecule has 0 bridgehead atoms. The molecule has 0 amide bonds. The molecule has 1 heterocycles. The highest BCUT2D eigenvalue weighted by Gasteiger charge is 1.95. The van der Waals surface area contributed by atoms with Crippen LogP contribution in [0.5, 0.6) is 0 Å². The maximum absolute atomic E-state index is 4.07. The molecule has 2 nitrogen and oxygen atoms in total. The van der Waals surface area contributed by atoms with E-state index in [4.69, 9.17) is 0 Å². The van der Waals surface area contributed by atoms with Crippen LogP contribution in [-0.4, -0.2) is 9.55 Å². The lowest BCUT2D eigenvalue weighted by Gasteiger charge is -2.02. The van der Waals surface area contributed by atoms with Gasteiger partial charge in [-0.2, -0.15) is 0 Å². The topological polar surface area (TPSA) is 17.8 Å². The van der Waals surface area contributed by atoms with Gasteiger partial charge in [0.15, 0.2) is 0 Å². The Kier molecular flexibility index (Phi) is 3.24. The van der Waals surface area contributed by atoms with E-state index in [1.165, 1.54) is 11.1 Å². The number of imidazole rings is 1. The standard InChI is InChI=1S/C17H14N2/c1-2-5-15(6-3-1)9-10-16-7-4-8-17(13-16)19-12-11-18-14-19/h1-14H/b10-9+. The van der Waals surface area contributed by atoms with Crippen molar-refractivity contribution in [2.75, 3.05) is 0 Å². The lowest BCUT2D eigenvalue weighted by Crippen LogP contribution is -1.89. The summed E-state index contributed by atoms with van der Waals surface area (Å²) in [6.07, 6.45) is 9.77. The minimum atomic E-state index is 1.12. The van der Waals surface area contributed by atoms with E-state index >= 15 is 0 Å². The third-order valence-corrected chi connectivity index (χ3v) is 2.94. The number of aromatic nitrogens is 2. The second kappa shape index (κ2) is 5.36. The zero-order chi connectivity index (χ0) is 12.9. The number of hydrogen-bond donors (Lipinski definition) is 0. The molecule has 0 spiro atoms. The van der Waals surface area contributed by atoms with E-state index in [9.17, 15) is 0 Å². The Labute approximate surface area is 112 Å². The Bertz CT molecular complexity index is 668. The van der Waals surface area contributed by atoms with Gasteiger partial charge >= 0.3 is 0 Å². The first kappa shape index (κ1) is 11.5. The van der Waals surface area contributed by atoms with E-state index in [1.54, 1.807) is 12.5 Å². The van der Waals surface area contributed by atoms with E-state index in [0.717, 1.165) is 5.69 Å². The molecule has 0 saturated carbocycles. The molecule has 0 fully saturated rings. The highest BCUT2D eigenvalue weighted by atomic mass is 15.0. The fourth-order valence-electron chi connectivity index (χ4n) is 1.96. The van der Waals surface area contributed by atoms with Crippen molar-refractivity contribution in [3.8, 4) is 5.69 Å². The molecule has 0 atom stereocenters. The molecule has 0 aliphatic heterocycles. The van der Waals surface area contributed by atoms with Crippen molar-refractivity contribution in [2.45, 2.75) is 0 Å². The monoisotopic (exact) mass is 246 g/mol. The second-order valence-corrected chi connectivity index (χ2v) is 4.31. The van der Waals surface area contributed by atoms with Gasteiger partial charge in [0.2, 0.25) is 0 Å². The van der Waals surface area contributed by atoms with E-state index in [2.05, 4.69) is 53.5 Å². The van der Waals surface area contributed by atoms with Crippen molar-refractivity contribution in [3.63, 3.8) is 0 Å². The summed E-state index contributed by atoms with van der Waals surface area (Å²) in [6.45, 7) is 0. The molecule has 0 saturated heterocycles. The third kappa shape index (κ3) is 2.80. The van der Waals surface area contributed by atoms with Crippen LogP contribution in [0.25, 0.3) is 17.8 Å². The molecule has 2 heteroatoms. The Morgan fingerprint density at radius 3 is 2.42 bits per heavy atom. The SMILES string of the molecule is C(=C\c1cccc(-n2ccnc2)c1)/c1ccccc1. The van der Waals surface area contributed by atoms with Gasteiger partial charge < -0.3 is 4.57 Å². The average molecular weight is 246 g/mol. The lowest BCUT2D eigenvalue weighted by molar-refractivity contribution is 1.06. The van der Waals surface area contributed by atoms with Gasteiger partial charge in [-0.1, -0.05) is 54.6 Å². The van der Waals surface area contributed by atoms with Gasteiger partial charge in [-0.05, 0) is 23.3 Å². The summed E-state index contributed by atoms with van der Waals surface area (Å²) in [5.41, 5.74) is 3.50. The molecule has 0 aliphatic carbocycles. The quantitative estimate of drug-likeness (QED) is 0.638. The molecule has 0 radical (unpaired) electrons. The summed E-state index contributed by atoms with van der Waals surface area (Å²) in [5, 5.41) is 0. The summed E-state index contributed by atoms with van der Waals surface area (Å²) in [4.78, 5) is 4.07. The van der Waals surface area contributed by atoms with E-state index in [-0.39, 0.29) is 0 Å². The second-order valence-electron chi connectivity index (χ2n) is 4.31. The molecule has 0 unspecified atom stereocenters. The minimum absolute atomic E-state index is 1.12. The Morgan fingerprint density at radius 2 is 1.63 bits per heavy atom. The van der Waals surface area contributed by atoms with E-state index < -0.39 is 0 Å². The molecule has 0 N–H and O–H groups in total. The van der Waals surface area contributed by atoms with Crippen molar-refractivity contribution in [1.82, 2.24) is 9.55 Å². The van der Waals surface area contributed by atoms with Crippen LogP contribution in [0.1, 0.15) is 11.1 Å². The van der Waals surface area contributed by atoms with Gasteiger partial charge in [-0.25, -0.2) is 4.98 Å². The predicted octanol–water partition coefficient (Wildman–Crippen LogP) is 4.04. The number of rotatable bonds is 3. The van der Waals surface area contributed by atoms with Crippen LogP contribution in [0.4, 0.5) is 0 Å². The lowest BCUT2D eigenvalue weighted by atomic mass is 10.1. The summed E-state index contributed by atoms with van der Waals surface area (Å²) in [7, 11) is 0. The summed E-state index contributed by atoms with van der Waals surface area (Å²) < 4.78 is 2.00. The van der Waals surface area contributed by atoms with Crippen molar-refractivity contribution in [2.24, 2.45) is 0 Å². The van der Waals surface area contributed by atoms with Crippen LogP contribution >= 0.6 is 0 Å². The van der Waals surface area contributed by atoms with Crippen LogP contribution in [0.15, 0.2) is 73.3 Å². The molecule has 3 rings (SSSR count). The zero-order valence-corrected chi connectivity index (χ0v) is 10.5. The van der Waals surface area contributed by atoms with Crippen molar-refractivity contribution >= 4 is 12.2 Å². The van der Waals surface area contributed by atoms with Gasteiger partial charge in [0.1, 0.15) is 0 Å². The minimum Gasteiger partial charge on any atom is -0.306 e. The van der Waals surface area contributed by atoms with E-state index in [0.29, 0.717) is 0 Å². The van der Waals surface area contributed by atoms with Crippen LogP contribution in [-0.2, 0) is 0 Å². The fourth-order valence-corrected chi connectivity index (χ4v) is 1.96. The molecule has 3 aromatic rings. The zero-order valence-electron chi connectivity index (χ0n) is 10.5. The molecular formula is C17H14N2. The maximum Gasteiger partial charge on any atom is 0.0991 e. The normalized spacial score (nSPS) is 10.9. The largest absolute Gasteiger partial charge is 0.306 e. The van der Waals surface area contributed by atoms with Gasteiger partial charge in [0.25, 0.3) is 0 Å². The maximum atomic E-state index is 4.07. The van der Waals surface area contributed by atoms with Crippen LogP contribution in [0.3, 0.4) is 0 Å². The Morgan fingerprint density at radius 1 is 0.842 bits per heavy atom. The van der Waals surface area contributed by atoms with Crippen molar-refractivity contribution in [1.29, 1.82) is 0 Å².